The Labute approximate surface area is 80.1 Å². The Balaban J connectivity index is 2.29. The predicted octanol–water partition coefficient (Wildman–Crippen LogP) is 1.54. The zero-order valence-corrected chi connectivity index (χ0v) is 8.57. The van der Waals surface area contributed by atoms with Crippen LogP contribution in [0.3, 0.4) is 0 Å². The van der Waals surface area contributed by atoms with Crippen LogP contribution >= 0.6 is 12.2 Å². The molecule has 70 valence electrons. The van der Waals surface area contributed by atoms with Gasteiger partial charge in [0, 0.05) is 12.5 Å². The molecule has 0 amide bonds. The Morgan fingerprint density at radius 2 is 2.00 bits per heavy atom. The molecule has 3 heteroatoms. The summed E-state index contributed by atoms with van der Waals surface area (Å²) in [5.41, 5.74) is 5.50. The third kappa shape index (κ3) is 3.07. The van der Waals surface area contributed by atoms with Gasteiger partial charge in [0.1, 0.15) is 0 Å². The summed E-state index contributed by atoms with van der Waals surface area (Å²) in [7, 11) is 0. The highest BCUT2D eigenvalue weighted by Gasteiger charge is 2.16. The summed E-state index contributed by atoms with van der Waals surface area (Å²) in [6.45, 7) is 4.66. The van der Waals surface area contributed by atoms with Gasteiger partial charge in [0.05, 0.1) is 4.99 Å². The molecule has 12 heavy (non-hydrogen) atoms. The van der Waals surface area contributed by atoms with Crippen LogP contribution in [0.1, 0.15) is 32.6 Å². The van der Waals surface area contributed by atoms with Crippen molar-refractivity contribution in [3.63, 3.8) is 0 Å². The lowest BCUT2D eigenvalue weighted by molar-refractivity contribution is 0.178. The SMILES string of the molecule is CC(CC(N)=S)N1CCCCC1. The third-order valence-electron chi connectivity index (χ3n) is 2.51. The molecule has 1 rings (SSSR count). The minimum absolute atomic E-state index is 0.544. The monoisotopic (exact) mass is 186 g/mol. The summed E-state index contributed by atoms with van der Waals surface area (Å²) in [6.07, 6.45) is 4.93. The van der Waals surface area contributed by atoms with Crippen molar-refractivity contribution in [2.24, 2.45) is 5.73 Å². The van der Waals surface area contributed by atoms with Gasteiger partial charge in [-0.2, -0.15) is 0 Å². The van der Waals surface area contributed by atoms with Crippen LogP contribution in [0.4, 0.5) is 0 Å². The van der Waals surface area contributed by atoms with E-state index in [-0.39, 0.29) is 0 Å². The molecule has 2 nitrogen and oxygen atoms in total. The lowest BCUT2D eigenvalue weighted by Crippen LogP contribution is -2.39. The fourth-order valence-electron chi connectivity index (χ4n) is 1.78. The summed E-state index contributed by atoms with van der Waals surface area (Å²) in [5, 5.41) is 0. The minimum Gasteiger partial charge on any atom is -0.393 e. The fraction of sp³-hybridized carbons (Fsp3) is 0.889. The van der Waals surface area contributed by atoms with Crippen LogP contribution in [0.5, 0.6) is 0 Å². The Hall–Kier alpha value is -0.150. The summed E-state index contributed by atoms with van der Waals surface area (Å²) in [4.78, 5) is 3.14. The Morgan fingerprint density at radius 3 is 2.50 bits per heavy atom. The number of thiocarbonyl (C=S) groups is 1. The molecule has 1 unspecified atom stereocenters. The largest absolute Gasteiger partial charge is 0.393 e. The van der Waals surface area contributed by atoms with E-state index in [0.29, 0.717) is 11.0 Å². The Kier molecular flexibility index (Phi) is 3.95. The van der Waals surface area contributed by atoms with E-state index >= 15 is 0 Å². The number of nitrogens with two attached hydrogens (primary N) is 1. The molecular weight excluding hydrogens is 168 g/mol. The molecule has 1 fully saturated rings. The molecule has 0 aromatic heterocycles. The van der Waals surface area contributed by atoms with Gasteiger partial charge in [-0.1, -0.05) is 18.6 Å². The summed E-state index contributed by atoms with van der Waals surface area (Å²) >= 11 is 4.89. The normalized spacial score (nSPS) is 22.1. The van der Waals surface area contributed by atoms with Crippen molar-refractivity contribution in [1.82, 2.24) is 4.90 Å². The second kappa shape index (κ2) is 4.77. The maximum Gasteiger partial charge on any atom is 0.0742 e. The van der Waals surface area contributed by atoms with Gasteiger partial charge in [-0.15, -0.1) is 0 Å². The quantitative estimate of drug-likeness (QED) is 0.678. The molecule has 0 aromatic rings. The van der Waals surface area contributed by atoms with Crippen LogP contribution in [0.15, 0.2) is 0 Å². The van der Waals surface area contributed by atoms with Crippen LogP contribution in [0.2, 0.25) is 0 Å². The lowest BCUT2D eigenvalue weighted by atomic mass is 10.1. The summed E-state index contributed by atoms with van der Waals surface area (Å²) in [6, 6.07) is 0.544. The van der Waals surface area contributed by atoms with Crippen molar-refractivity contribution in [2.75, 3.05) is 13.1 Å². The Bertz CT molecular complexity index is 153. The second-order valence-corrected chi connectivity index (χ2v) is 4.14. The maximum absolute atomic E-state index is 5.50. The number of hydrogen-bond acceptors (Lipinski definition) is 2. The molecule has 1 saturated heterocycles. The predicted molar refractivity (Wildman–Crippen MR) is 56.3 cm³/mol. The van der Waals surface area contributed by atoms with Gasteiger partial charge < -0.3 is 10.6 Å². The molecule has 1 heterocycles. The highest BCUT2D eigenvalue weighted by atomic mass is 32.1. The van der Waals surface area contributed by atoms with Crippen LogP contribution in [0, 0.1) is 0 Å². The highest BCUT2D eigenvalue weighted by molar-refractivity contribution is 7.80. The first-order valence-corrected chi connectivity index (χ1v) is 5.13. The molecule has 2 N–H and O–H groups in total. The van der Waals surface area contributed by atoms with E-state index in [1.807, 2.05) is 0 Å². The molecule has 0 aromatic carbocycles. The van der Waals surface area contributed by atoms with E-state index in [2.05, 4.69) is 11.8 Å². The molecule has 0 aliphatic carbocycles. The van der Waals surface area contributed by atoms with Gasteiger partial charge in [0.15, 0.2) is 0 Å². The van der Waals surface area contributed by atoms with E-state index in [1.165, 1.54) is 32.4 Å². The number of nitrogens with zero attached hydrogens (tertiary/aromatic N) is 1. The van der Waals surface area contributed by atoms with Crippen molar-refractivity contribution in [1.29, 1.82) is 0 Å². The molecule has 1 aliphatic rings. The average Bonchev–Trinajstić information content (AvgIpc) is 2.05. The standard InChI is InChI=1S/C9H18N2S/c1-8(7-9(10)12)11-5-3-2-4-6-11/h8H,2-7H2,1H3,(H2,10,12). The van der Waals surface area contributed by atoms with E-state index < -0.39 is 0 Å². The van der Waals surface area contributed by atoms with Crippen LogP contribution in [0.25, 0.3) is 0 Å². The number of piperidine rings is 1. The zero-order chi connectivity index (χ0) is 8.97. The average molecular weight is 186 g/mol. The van der Waals surface area contributed by atoms with Crippen LogP contribution < -0.4 is 5.73 Å². The van der Waals surface area contributed by atoms with Crippen LogP contribution in [-0.2, 0) is 0 Å². The first-order valence-electron chi connectivity index (χ1n) is 4.72. The number of hydrogen-bond donors (Lipinski definition) is 1. The number of likely N-dealkylation sites (tertiary alicyclic amines) is 1. The van der Waals surface area contributed by atoms with Crippen molar-refractivity contribution in [3.8, 4) is 0 Å². The van der Waals surface area contributed by atoms with Gasteiger partial charge in [0.25, 0.3) is 0 Å². The topological polar surface area (TPSA) is 29.3 Å². The lowest BCUT2D eigenvalue weighted by Gasteiger charge is -2.32. The van der Waals surface area contributed by atoms with Gasteiger partial charge in [-0.25, -0.2) is 0 Å². The second-order valence-electron chi connectivity index (χ2n) is 3.62. The van der Waals surface area contributed by atoms with Gasteiger partial charge in [0.2, 0.25) is 0 Å². The van der Waals surface area contributed by atoms with E-state index in [0.717, 1.165) is 6.42 Å². The van der Waals surface area contributed by atoms with E-state index in [9.17, 15) is 0 Å². The minimum atomic E-state index is 0.544. The number of rotatable bonds is 3. The van der Waals surface area contributed by atoms with Crippen molar-refractivity contribution < 1.29 is 0 Å². The van der Waals surface area contributed by atoms with Crippen LogP contribution in [-0.4, -0.2) is 29.0 Å². The third-order valence-corrected chi connectivity index (χ3v) is 2.68. The van der Waals surface area contributed by atoms with E-state index in [4.69, 9.17) is 18.0 Å². The smallest absolute Gasteiger partial charge is 0.0742 e. The molecule has 0 spiro atoms. The zero-order valence-electron chi connectivity index (χ0n) is 7.75. The summed E-state index contributed by atoms with van der Waals surface area (Å²) < 4.78 is 0. The summed E-state index contributed by atoms with van der Waals surface area (Å²) in [5.74, 6) is 0. The molecule has 0 bridgehead atoms. The maximum atomic E-state index is 5.50. The van der Waals surface area contributed by atoms with E-state index in [1.54, 1.807) is 0 Å². The first kappa shape index (κ1) is 9.93. The van der Waals surface area contributed by atoms with Crippen molar-refractivity contribution >= 4 is 17.2 Å². The fourth-order valence-corrected chi connectivity index (χ4v) is 2.02. The van der Waals surface area contributed by atoms with Gasteiger partial charge in [-0.3, -0.25) is 0 Å². The van der Waals surface area contributed by atoms with Gasteiger partial charge >= 0.3 is 0 Å². The molecule has 0 radical (unpaired) electrons. The molecular formula is C9H18N2S. The highest BCUT2D eigenvalue weighted by Crippen LogP contribution is 2.13. The Morgan fingerprint density at radius 1 is 1.42 bits per heavy atom. The molecule has 0 saturated carbocycles. The molecule has 1 atom stereocenters. The van der Waals surface area contributed by atoms with Gasteiger partial charge in [-0.05, 0) is 32.9 Å². The van der Waals surface area contributed by atoms with Crippen molar-refractivity contribution in [2.45, 2.75) is 38.6 Å². The first-order chi connectivity index (χ1) is 5.70. The van der Waals surface area contributed by atoms with Crippen molar-refractivity contribution in [3.05, 3.63) is 0 Å². The molecule has 1 aliphatic heterocycles.